The normalized spacial score (nSPS) is 16.8. The molecule has 2 rings (SSSR count). The summed E-state index contributed by atoms with van der Waals surface area (Å²) in [4.78, 5) is 4.46. The first-order valence-electron chi connectivity index (χ1n) is 5.80. The van der Waals surface area contributed by atoms with Gasteiger partial charge in [-0.1, -0.05) is 13.0 Å². The minimum absolute atomic E-state index is 0.105. The van der Waals surface area contributed by atoms with Crippen molar-refractivity contribution in [1.29, 1.82) is 0 Å². The molecule has 1 aliphatic rings. The number of ether oxygens (including phenoxy) is 1. The molecule has 0 saturated heterocycles. The van der Waals surface area contributed by atoms with E-state index in [1.54, 1.807) is 0 Å². The van der Waals surface area contributed by atoms with Crippen molar-refractivity contribution in [2.45, 2.75) is 26.3 Å². The van der Waals surface area contributed by atoms with Gasteiger partial charge in [-0.25, -0.2) is 0 Å². The van der Waals surface area contributed by atoms with E-state index in [1.807, 2.05) is 12.3 Å². The molecule has 1 aromatic heterocycles. The molecule has 0 amide bonds. The van der Waals surface area contributed by atoms with Crippen molar-refractivity contribution >= 4 is 0 Å². The first-order valence-corrected chi connectivity index (χ1v) is 5.80. The van der Waals surface area contributed by atoms with E-state index < -0.39 is 0 Å². The average molecular weight is 218 g/mol. The highest BCUT2D eigenvalue weighted by atomic mass is 16.5. The monoisotopic (exact) mass is 218 g/mol. The fraction of sp³-hybridized carbons (Fsp3) is 0.462. The van der Waals surface area contributed by atoms with Gasteiger partial charge in [0, 0.05) is 12.6 Å². The summed E-state index contributed by atoms with van der Waals surface area (Å²) in [7, 11) is 0. The van der Waals surface area contributed by atoms with Crippen LogP contribution in [-0.4, -0.2) is 18.1 Å². The lowest BCUT2D eigenvalue weighted by Crippen LogP contribution is -2.24. The lowest BCUT2D eigenvalue weighted by Gasteiger charge is -2.20. The molecular weight excluding hydrogens is 200 g/mol. The molecule has 3 heteroatoms. The second kappa shape index (κ2) is 5.12. The number of aromatic nitrogens is 1. The van der Waals surface area contributed by atoms with Crippen molar-refractivity contribution in [3.8, 4) is 0 Å². The van der Waals surface area contributed by atoms with Gasteiger partial charge in [-0.05, 0) is 31.2 Å². The van der Waals surface area contributed by atoms with E-state index in [-0.39, 0.29) is 6.04 Å². The Morgan fingerprint density at radius 3 is 3.06 bits per heavy atom. The van der Waals surface area contributed by atoms with Crippen molar-refractivity contribution < 1.29 is 4.74 Å². The SMILES string of the molecule is CCNC(C1=CCCO1)c1ncccc1C. The van der Waals surface area contributed by atoms with Crippen LogP contribution in [-0.2, 0) is 4.74 Å². The van der Waals surface area contributed by atoms with Gasteiger partial charge in [-0.3, -0.25) is 4.98 Å². The Morgan fingerprint density at radius 2 is 2.44 bits per heavy atom. The molecule has 2 heterocycles. The molecule has 0 fully saturated rings. The number of pyridine rings is 1. The molecule has 0 radical (unpaired) electrons. The largest absolute Gasteiger partial charge is 0.496 e. The van der Waals surface area contributed by atoms with Gasteiger partial charge in [0.25, 0.3) is 0 Å². The number of hydrogen-bond donors (Lipinski definition) is 1. The smallest absolute Gasteiger partial charge is 0.115 e. The Hall–Kier alpha value is -1.35. The van der Waals surface area contributed by atoms with Gasteiger partial charge >= 0.3 is 0 Å². The van der Waals surface area contributed by atoms with Crippen LogP contribution in [0.5, 0.6) is 0 Å². The Morgan fingerprint density at radius 1 is 1.56 bits per heavy atom. The summed E-state index contributed by atoms with van der Waals surface area (Å²) in [5, 5.41) is 3.43. The third-order valence-corrected chi connectivity index (χ3v) is 2.75. The van der Waals surface area contributed by atoms with E-state index in [4.69, 9.17) is 4.74 Å². The quantitative estimate of drug-likeness (QED) is 0.842. The zero-order valence-electron chi connectivity index (χ0n) is 9.86. The first-order chi connectivity index (χ1) is 7.83. The Bertz CT molecular complexity index is 387. The number of hydrogen-bond acceptors (Lipinski definition) is 3. The molecule has 0 aromatic carbocycles. The molecule has 0 bridgehead atoms. The highest BCUT2D eigenvalue weighted by molar-refractivity contribution is 5.27. The van der Waals surface area contributed by atoms with Gasteiger partial charge in [0.1, 0.15) is 11.8 Å². The summed E-state index contributed by atoms with van der Waals surface area (Å²) in [5.41, 5.74) is 2.27. The van der Waals surface area contributed by atoms with E-state index >= 15 is 0 Å². The molecule has 16 heavy (non-hydrogen) atoms. The average Bonchev–Trinajstić information content (AvgIpc) is 2.80. The number of likely N-dealkylation sites (N-methyl/N-ethyl adjacent to an activating group) is 1. The molecule has 0 saturated carbocycles. The molecule has 1 unspecified atom stereocenters. The third-order valence-electron chi connectivity index (χ3n) is 2.75. The van der Waals surface area contributed by atoms with E-state index in [1.165, 1.54) is 5.56 Å². The van der Waals surface area contributed by atoms with Crippen molar-refractivity contribution in [3.05, 3.63) is 41.4 Å². The molecule has 1 aliphatic heterocycles. The molecule has 3 nitrogen and oxygen atoms in total. The van der Waals surface area contributed by atoms with Crippen molar-refractivity contribution in [3.63, 3.8) is 0 Å². The minimum Gasteiger partial charge on any atom is -0.496 e. The van der Waals surface area contributed by atoms with E-state index in [0.717, 1.165) is 31.0 Å². The Balaban J connectivity index is 2.28. The van der Waals surface area contributed by atoms with Crippen LogP contribution in [0, 0.1) is 6.92 Å². The minimum atomic E-state index is 0.105. The first kappa shape index (κ1) is 11.1. The number of nitrogens with one attached hydrogen (secondary N) is 1. The number of rotatable bonds is 4. The molecule has 0 spiro atoms. The lowest BCUT2D eigenvalue weighted by molar-refractivity contribution is 0.214. The van der Waals surface area contributed by atoms with Gasteiger partial charge < -0.3 is 10.1 Å². The molecule has 1 atom stereocenters. The maximum atomic E-state index is 5.64. The maximum absolute atomic E-state index is 5.64. The van der Waals surface area contributed by atoms with Crippen LogP contribution in [0.3, 0.4) is 0 Å². The Labute approximate surface area is 96.5 Å². The Kier molecular flexibility index (Phi) is 3.57. The predicted molar refractivity (Wildman–Crippen MR) is 64.0 cm³/mol. The standard InChI is InChI=1S/C13H18N2O/c1-3-14-13(11-7-5-9-16-11)12-10(2)6-4-8-15-12/h4,6-8,13-14H,3,5,9H2,1-2H3. The molecule has 1 N–H and O–H groups in total. The molecule has 1 aromatic rings. The van der Waals surface area contributed by atoms with Gasteiger partial charge in [-0.15, -0.1) is 0 Å². The third kappa shape index (κ3) is 2.25. The van der Waals surface area contributed by atoms with Crippen LogP contribution in [0.4, 0.5) is 0 Å². The second-order valence-corrected chi connectivity index (χ2v) is 3.94. The summed E-state index contributed by atoms with van der Waals surface area (Å²) >= 11 is 0. The topological polar surface area (TPSA) is 34.1 Å². The van der Waals surface area contributed by atoms with E-state index in [0.29, 0.717) is 0 Å². The zero-order chi connectivity index (χ0) is 11.4. The van der Waals surface area contributed by atoms with Gasteiger partial charge in [0.15, 0.2) is 0 Å². The summed E-state index contributed by atoms with van der Waals surface area (Å²) in [6, 6.07) is 4.15. The second-order valence-electron chi connectivity index (χ2n) is 3.94. The van der Waals surface area contributed by atoms with Crippen molar-refractivity contribution in [1.82, 2.24) is 10.3 Å². The lowest BCUT2D eigenvalue weighted by atomic mass is 10.1. The molecule has 0 aliphatic carbocycles. The van der Waals surface area contributed by atoms with Crippen LogP contribution in [0.25, 0.3) is 0 Å². The fourth-order valence-corrected chi connectivity index (χ4v) is 1.97. The summed E-state index contributed by atoms with van der Waals surface area (Å²) in [6.07, 6.45) is 4.99. The van der Waals surface area contributed by atoms with Gasteiger partial charge in [-0.2, -0.15) is 0 Å². The summed E-state index contributed by atoms with van der Waals surface area (Å²) < 4.78 is 5.64. The number of aryl methyl sites for hydroxylation is 1. The highest BCUT2D eigenvalue weighted by Gasteiger charge is 2.22. The van der Waals surface area contributed by atoms with Crippen LogP contribution in [0.15, 0.2) is 30.2 Å². The van der Waals surface area contributed by atoms with Crippen LogP contribution in [0.1, 0.15) is 30.6 Å². The van der Waals surface area contributed by atoms with Crippen molar-refractivity contribution in [2.24, 2.45) is 0 Å². The van der Waals surface area contributed by atoms with Gasteiger partial charge in [0.2, 0.25) is 0 Å². The molecule has 86 valence electrons. The van der Waals surface area contributed by atoms with Crippen LogP contribution in [0.2, 0.25) is 0 Å². The zero-order valence-corrected chi connectivity index (χ0v) is 9.86. The fourth-order valence-electron chi connectivity index (χ4n) is 1.97. The maximum Gasteiger partial charge on any atom is 0.115 e. The van der Waals surface area contributed by atoms with Crippen LogP contribution >= 0.6 is 0 Å². The van der Waals surface area contributed by atoms with Gasteiger partial charge in [0.05, 0.1) is 12.3 Å². The van der Waals surface area contributed by atoms with Crippen molar-refractivity contribution in [2.75, 3.05) is 13.2 Å². The predicted octanol–water partition coefficient (Wildman–Crippen LogP) is 2.34. The number of nitrogens with zero attached hydrogens (tertiary/aromatic N) is 1. The summed E-state index contributed by atoms with van der Waals surface area (Å²) in [5.74, 6) is 1.02. The molecular formula is C13H18N2O. The summed E-state index contributed by atoms with van der Waals surface area (Å²) in [6.45, 7) is 5.88. The van der Waals surface area contributed by atoms with Crippen LogP contribution < -0.4 is 5.32 Å². The van der Waals surface area contributed by atoms with E-state index in [2.05, 4.69) is 36.3 Å². The highest BCUT2D eigenvalue weighted by Crippen LogP contribution is 2.26. The van der Waals surface area contributed by atoms with E-state index in [9.17, 15) is 0 Å².